The monoisotopic (exact) mass is 350 g/mol. The number of anilines is 1. The molecule has 6 heteroatoms. The maximum absolute atomic E-state index is 12.3. The summed E-state index contributed by atoms with van der Waals surface area (Å²) >= 11 is 0. The van der Waals surface area contributed by atoms with E-state index in [1.807, 2.05) is 31.2 Å². The highest BCUT2D eigenvalue weighted by Crippen LogP contribution is 2.29. The summed E-state index contributed by atoms with van der Waals surface area (Å²) in [5, 5.41) is 12.0. The van der Waals surface area contributed by atoms with Crippen LogP contribution < -0.4 is 14.8 Å². The zero-order chi connectivity index (χ0) is 19.1. The number of benzene rings is 2. The summed E-state index contributed by atoms with van der Waals surface area (Å²) in [5.74, 6) is -0.395. The maximum atomic E-state index is 12.3. The number of amides is 1. The topological polar surface area (TPSA) is 88.4 Å². The van der Waals surface area contributed by atoms with Gasteiger partial charge in [0.05, 0.1) is 7.11 Å². The van der Waals surface area contributed by atoms with Crippen LogP contribution in [0.2, 0.25) is 0 Å². The van der Waals surface area contributed by atoms with Crippen LogP contribution >= 0.6 is 0 Å². The number of carbonyl (C=O) groups excluding carboxylic acids is 2. The van der Waals surface area contributed by atoms with Crippen molar-refractivity contribution in [3.8, 4) is 17.6 Å². The number of methoxy groups -OCH3 is 1. The van der Waals surface area contributed by atoms with E-state index in [2.05, 4.69) is 5.32 Å². The second-order valence-corrected chi connectivity index (χ2v) is 5.50. The van der Waals surface area contributed by atoms with Crippen molar-refractivity contribution in [2.24, 2.45) is 0 Å². The molecule has 0 aromatic heterocycles. The van der Waals surface area contributed by atoms with Crippen LogP contribution in [0.5, 0.6) is 11.5 Å². The van der Waals surface area contributed by atoms with Crippen LogP contribution in [0.15, 0.2) is 48.0 Å². The first-order valence-corrected chi connectivity index (χ1v) is 7.79. The van der Waals surface area contributed by atoms with Crippen molar-refractivity contribution in [3.63, 3.8) is 0 Å². The number of hydrogen-bond donors (Lipinski definition) is 1. The van der Waals surface area contributed by atoms with Crippen molar-refractivity contribution in [3.05, 3.63) is 59.2 Å². The van der Waals surface area contributed by atoms with Crippen molar-refractivity contribution < 1.29 is 19.1 Å². The molecule has 26 heavy (non-hydrogen) atoms. The third-order valence-electron chi connectivity index (χ3n) is 3.39. The van der Waals surface area contributed by atoms with E-state index in [0.29, 0.717) is 17.0 Å². The minimum absolute atomic E-state index is 0.0613. The first-order valence-electron chi connectivity index (χ1n) is 7.79. The number of aryl methyl sites for hydroxylation is 1. The number of carbonyl (C=O) groups is 2. The molecular formula is C20H18N2O4. The lowest BCUT2D eigenvalue weighted by Gasteiger charge is -2.09. The lowest BCUT2D eigenvalue weighted by atomic mass is 10.1. The first kappa shape index (κ1) is 18.7. The van der Waals surface area contributed by atoms with Crippen LogP contribution in [-0.2, 0) is 9.59 Å². The Labute approximate surface area is 151 Å². The molecule has 132 valence electrons. The zero-order valence-corrected chi connectivity index (χ0v) is 14.7. The fourth-order valence-corrected chi connectivity index (χ4v) is 2.25. The summed E-state index contributed by atoms with van der Waals surface area (Å²) in [6.07, 6.45) is 1.44. The summed E-state index contributed by atoms with van der Waals surface area (Å²) in [4.78, 5) is 23.4. The SMILES string of the molecule is COc1cc(/C=C(/C#N)C(=O)Nc2cccc(C)c2)ccc1OC(C)=O. The molecule has 0 saturated carbocycles. The van der Waals surface area contributed by atoms with Crippen LogP contribution in [0.1, 0.15) is 18.1 Å². The maximum Gasteiger partial charge on any atom is 0.308 e. The number of nitrogens with zero attached hydrogens (tertiary/aromatic N) is 1. The van der Waals surface area contributed by atoms with Crippen LogP contribution in [-0.4, -0.2) is 19.0 Å². The Morgan fingerprint density at radius 2 is 1.92 bits per heavy atom. The average Bonchev–Trinajstić information content (AvgIpc) is 2.60. The smallest absolute Gasteiger partial charge is 0.308 e. The molecule has 0 aliphatic carbocycles. The highest BCUT2D eigenvalue weighted by Gasteiger charge is 2.12. The highest BCUT2D eigenvalue weighted by molar-refractivity contribution is 6.09. The lowest BCUT2D eigenvalue weighted by Crippen LogP contribution is -2.13. The zero-order valence-electron chi connectivity index (χ0n) is 14.7. The minimum Gasteiger partial charge on any atom is -0.493 e. The van der Waals surface area contributed by atoms with Gasteiger partial charge in [0, 0.05) is 12.6 Å². The Morgan fingerprint density at radius 3 is 2.54 bits per heavy atom. The van der Waals surface area contributed by atoms with E-state index in [1.165, 1.54) is 20.1 Å². The minimum atomic E-state index is -0.513. The van der Waals surface area contributed by atoms with Crippen LogP contribution in [0.3, 0.4) is 0 Å². The van der Waals surface area contributed by atoms with Crippen molar-refractivity contribution in [2.45, 2.75) is 13.8 Å². The van der Waals surface area contributed by atoms with Crippen molar-refractivity contribution >= 4 is 23.6 Å². The van der Waals surface area contributed by atoms with Gasteiger partial charge in [-0.1, -0.05) is 18.2 Å². The molecule has 0 aliphatic rings. The van der Waals surface area contributed by atoms with Gasteiger partial charge in [0.2, 0.25) is 0 Å². The van der Waals surface area contributed by atoms with Gasteiger partial charge in [-0.3, -0.25) is 9.59 Å². The number of esters is 1. The van der Waals surface area contributed by atoms with Crippen molar-refractivity contribution in [2.75, 3.05) is 12.4 Å². The largest absolute Gasteiger partial charge is 0.493 e. The predicted molar refractivity (Wildman–Crippen MR) is 97.7 cm³/mol. The third kappa shape index (κ3) is 4.95. The first-order chi connectivity index (χ1) is 12.4. The normalized spacial score (nSPS) is 10.6. The molecule has 0 heterocycles. The van der Waals surface area contributed by atoms with Crippen LogP contribution in [0, 0.1) is 18.3 Å². The number of nitrogens with one attached hydrogen (secondary N) is 1. The Bertz CT molecular complexity index is 910. The number of hydrogen-bond acceptors (Lipinski definition) is 5. The Kier molecular flexibility index (Phi) is 6.12. The van der Waals surface area contributed by atoms with Crippen molar-refractivity contribution in [1.29, 1.82) is 5.26 Å². The number of rotatable bonds is 5. The number of ether oxygens (including phenoxy) is 2. The van der Waals surface area contributed by atoms with Crippen molar-refractivity contribution in [1.82, 2.24) is 0 Å². The Balaban J connectivity index is 2.26. The molecule has 0 aliphatic heterocycles. The van der Waals surface area contributed by atoms with E-state index in [-0.39, 0.29) is 11.3 Å². The predicted octanol–water partition coefficient (Wildman–Crippen LogP) is 3.47. The highest BCUT2D eigenvalue weighted by atomic mass is 16.6. The van der Waals surface area contributed by atoms with Gasteiger partial charge >= 0.3 is 5.97 Å². The molecule has 0 radical (unpaired) electrons. The van der Waals surface area contributed by atoms with E-state index in [4.69, 9.17) is 9.47 Å². The molecule has 1 amide bonds. The molecule has 0 unspecified atom stereocenters. The lowest BCUT2D eigenvalue weighted by molar-refractivity contribution is -0.132. The molecule has 2 aromatic carbocycles. The van der Waals surface area contributed by atoms with Gasteiger partial charge in [-0.25, -0.2) is 0 Å². The van der Waals surface area contributed by atoms with Gasteiger partial charge in [0.1, 0.15) is 11.6 Å². The van der Waals surface area contributed by atoms with Gasteiger partial charge in [0.15, 0.2) is 11.5 Å². The van der Waals surface area contributed by atoms with Gasteiger partial charge < -0.3 is 14.8 Å². The van der Waals surface area contributed by atoms with E-state index in [0.717, 1.165) is 5.56 Å². The van der Waals surface area contributed by atoms with Crippen LogP contribution in [0.4, 0.5) is 5.69 Å². The molecule has 0 saturated heterocycles. The molecule has 0 bridgehead atoms. The molecule has 0 spiro atoms. The Hall–Kier alpha value is -3.59. The van der Waals surface area contributed by atoms with Gasteiger partial charge in [-0.2, -0.15) is 5.26 Å². The summed E-state index contributed by atoms with van der Waals surface area (Å²) in [6.45, 7) is 3.20. The second kappa shape index (κ2) is 8.49. The van der Waals surface area contributed by atoms with Gasteiger partial charge in [-0.05, 0) is 48.4 Å². The number of nitriles is 1. The standard InChI is InChI=1S/C20H18N2O4/c1-13-5-4-6-17(9-13)22-20(24)16(12-21)10-15-7-8-18(26-14(2)23)19(11-15)25-3/h4-11H,1-3H3,(H,22,24)/b16-10-. The molecule has 0 atom stereocenters. The molecule has 2 rings (SSSR count). The quantitative estimate of drug-likeness (QED) is 0.386. The fraction of sp³-hybridized carbons (Fsp3) is 0.150. The molecule has 2 aromatic rings. The van der Waals surface area contributed by atoms with Gasteiger partial charge in [-0.15, -0.1) is 0 Å². The Morgan fingerprint density at radius 1 is 1.15 bits per heavy atom. The van der Waals surface area contributed by atoms with E-state index in [9.17, 15) is 14.9 Å². The summed E-state index contributed by atoms with van der Waals surface area (Å²) in [7, 11) is 1.44. The third-order valence-corrected chi connectivity index (χ3v) is 3.39. The molecule has 1 N–H and O–H groups in total. The van der Waals surface area contributed by atoms with Crippen LogP contribution in [0.25, 0.3) is 6.08 Å². The second-order valence-electron chi connectivity index (χ2n) is 5.50. The molecule has 6 nitrogen and oxygen atoms in total. The summed E-state index contributed by atoms with van der Waals surface area (Å²) in [5.41, 5.74) is 2.11. The van der Waals surface area contributed by atoms with E-state index in [1.54, 1.807) is 24.3 Å². The summed E-state index contributed by atoms with van der Waals surface area (Å²) < 4.78 is 10.2. The molecular weight excluding hydrogens is 332 g/mol. The van der Waals surface area contributed by atoms with E-state index < -0.39 is 11.9 Å². The fourth-order valence-electron chi connectivity index (χ4n) is 2.25. The van der Waals surface area contributed by atoms with Gasteiger partial charge in [0.25, 0.3) is 5.91 Å². The van der Waals surface area contributed by atoms with E-state index >= 15 is 0 Å². The summed E-state index contributed by atoms with van der Waals surface area (Å²) in [6, 6.07) is 13.9. The average molecular weight is 350 g/mol. The molecule has 0 fully saturated rings.